The molecule has 2 aliphatic rings. The van der Waals surface area contributed by atoms with Gasteiger partial charge in [-0.2, -0.15) is 0 Å². The third-order valence-corrected chi connectivity index (χ3v) is 4.02. The molecule has 0 radical (unpaired) electrons. The van der Waals surface area contributed by atoms with Gasteiger partial charge in [0.2, 0.25) is 0 Å². The number of carbonyl (C=O) groups excluding carboxylic acids is 4. The van der Waals surface area contributed by atoms with Crippen LogP contribution in [0.3, 0.4) is 0 Å². The molecule has 2 fully saturated rings. The van der Waals surface area contributed by atoms with Gasteiger partial charge in [-0.3, -0.25) is 40.5 Å². The molecule has 4 amide bonds. The van der Waals surface area contributed by atoms with Crippen molar-refractivity contribution in [3.63, 3.8) is 0 Å². The topological polar surface area (TPSA) is 108 Å². The molecule has 0 unspecified atom stereocenters. The van der Waals surface area contributed by atoms with Gasteiger partial charge in [0, 0.05) is 12.4 Å². The minimum absolute atomic E-state index is 0.130. The van der Waals surface area contributed by atoms with Crippen molar-refractivity contribution in [3.05, 3.63) is 0 Å². The summed E-state index contributed by atoms with van der Waals surface area (Å²) in [5.41, 5.74) is 5.21. The third-order valence-electron chi connectivity index (χ3n) is 3.65. The zero-order valence-corrected chi connectivity index (χ0v) is 16.5. The molecule has 0 aromatic rings. The maximum atomic E-state index is 11.5. The van der Waals surface area contributed by atoms with Crippen LogP contribution < -0.4 is 16.3 Å². The Kier molecular flexibility index (Phi) is 8.90. The maximum absolute atomic E-state index is 11.5. The zero-order chi connectivity index (χ0) is 19.8. The maximum Gasteiger partial charge on any atom is 0.256 e. The van der Waals surface area contributed by atoms with Crippen molar-refractivity contribution in [1.29, 1.82) is 0 Å². The molecule has 0 spiro atoms. The Labute approximate surface area is 154 Å². The van der Waals surface area contributed by atoms with Gasteiger partial charge >= 0.3 is 0 Å². The van der Waals surface area contributed by atoms with E-state index in [9.17, 15) is 19.2 Å². The molecule has 9 heteroatoms. The first kappa shape index (κ1) is 23.2. The lowest BCUT2D eigenvalue weighted by Crippen LogP contribution is -2.36. The molecule has 2 heterocycles. The normalized spacial score (nSPS) is 19.9. The van der Waals surface area contributed by atoms with E-state index in [1.807, 2.05) is 13.8 Å². The van der Waals surface area contributed by atoms with E-state index >= 15 is 0 Å². The highest BCUT2D eigenvalue weighted by Crippen LogP contribution is 2.23. The van der Waals surface area contributed by atoms with Gasteiger partial charge in [-0.05, 0) is 40.5 Å². The van der Waals surface area contributed by atoms with Crippen molar-refractivity contribution < 1.29 is 19.2 Å². The van der Waals surface area contributed by atoms with E-state index in [4.69, 9.17) is 11.6 Å². The fraction of sp³-hybridized carbons (Fsp3) is 0.750. The van der Waals surface area contributed by atoms with Gasteiger partial charge in [0.15, 0.2) is 0 Å². The van der Waals surface area contributed by atoms with Crippen LogP contribution in [-0.4, -0.2) is 41.1 Å². The number of hydrazine groups is 2. The van der Waals surface area contributed by atoms with E-state index in [0.29, 0.717) is 6.54 Å². The van der Waals surface area contributed by atoms with Crippen LogP contribution in [0.2, 0.25) is 0 Å². The van der Waals surface area contributed by atoms with E-state index in [1.165, 1.54) is 5.01 Å². The second kappa shape index (κ2) is 9.60. The monoisotopic (exact) mass is 376 g/mol. The second-order valence-electron chi connectivity index (χ2n) is 6.74. The molecule has 0 aliphatic carbocycles. The van der Waals surface area contributed by atoms with Gasteiger partial charge < -0.3 is 0 Å². The van der Waals surface area contributed by atoms with Crippen molar-refractivity contribution in [2.45, 2.75) is 54.4 Å². The summed E-state index contributed by atoms with van der Waals surface area (Å²) in [7, 11) is 0. The molecular formula is C16H29ClN4O4. The fourth-order valence-corrected chi connectivity index (χ4v) is 1.66. The van der Waals surface area contributed by atoms with Crippen LogP contribution in [0.4, 0.5) is 0 Å². The number of nitrogens with zero attached hydrogens (tertiary/aromatic N) is 1. The highest BCUT2D eigenvalue weighted by molar-refractivity contribution is 6.17. The number of rotatable bonds is 3. The average Bonchev–Trinajstić information content (AvgIpc) is 2.90. The third kappa shape index (κ3) is 5.88. The van der Waals surface area contributed by atoms with Gasteiger partial charge in [-0.1, -0.05) is 13.8 Å². The Morgan fingerprint density at radius 1 is 0.840 bits per heavy atom. The lowest BCUT2D eigenvalue weighted by Gasteiger charge is -2.14. The highest BCUT2D eigenvalue weighted by Gasteiger charge is 2.46. The molecule has 2 rings (SSSR count). The number of nitrogens with one attached hydrogen (secondary N) is 3. The first-order chi connectivity index (χ1) is 11.5. The summed E-state index contributed by atoms with van der Waals surface area (Å²) in [5.74, 6) is -0.0877. The van der Waals surface area contributed by atoms with Crippen molar-refractivity contribution in [2.75, 3.05) is 12.4 Å². The van der Waals surface area contributed by atoms with Gasteiger partial charge in [0.1, 0.15) is 10.8 Å². The minimum Gasteiger partial charge on any atom is -0.272 e. The van der Waals surface area contributed by atoms with Crippen LogP contribution in [0.1, 0.15) is 54.4 Å². The van der Waals surface area contributed by atoms with Gasteiger partial charge in [0.05, 0.1) is 0 Å². The number of hydrogen-bond donors (Lipinski definition) is 3. The zero-order valence-electron chi connectivity index (χ0n) is 15.8. The molecule has 25 heavy (non-hydrogen) atoms. The van der Waals surface area contributed by atoms with E-state index in [1.54, 1.807) is 27.7 Å². The molecule has 144 valence electrons. The molecule has 0 aromatic heterocycles. The van der Waals surface area contributed by atoms with E-state index in [2.05, 4.69) is 16.3 Å². The summed E-state index contributed by atoms with van der Waals surface area (Å²) < 4.78 is 0. The lowest BCUT2D eigenvalue weighted by molar-refractivity contribution is -0.137. The summed E-state index contributed by atoms with van der Waals surface area (Å²) in [4.78, 5) is 44.1. The molecule has 0 atom stereocenters. The standard InChI is InChI=1S/C8H14N2O2.C5H8N2O2.C3H7Cl/c1-4-5-10-7(12)8(2,3)6(11)9-10;1-5(2)3(8)6-7-4(5)9;1-2-3-4/h4-5H2,1-3H3,(H,9,11);1-2H3,(H,6,8)(H,7,9);2-3H2,1H3. The second-order valence-corrected chi connectivity index (χ2v) is 7.12. The Morgan fingerprint density at radius 3 is 1.48 bits per heavy atom. The summed E-state index contributed by atoms with van der Waals surface area (Å²) in [6.45, 7) is 11.0. The predicted octanol–water partition coefficient (Wildman–Crippen LogP) is 1.10. The summed E-state index contributed by atoms with van der Waals surface area (Å²) in [5, 5.41) is 1.39. The Bertz CT molecular complexity index is 500. The predicted molar refractivity (Wildman–Crippen MR) is 95.0 cm³/mol. The first-order valence-electron chi connectivity index (χ1n) is 8.26. The summed E-state index contributed by atoms with van der Waals surface area (Å²) in [6, 6.07) is 0. The Morgan fingerprint density at radius 2 is 1.28 bits per heavy atom. The molecule has 3 N–H and O–H groups in total. The number of halogens is 1. The highest BCUT2D eigenvalue weighted by atomic mass is 35.5. The SMILES string of the molecule is CC1(C)C(=O)NNC1=O.CCCCl.CCCN1NC(=O)C(C)(C)C1=O. The summed E-state index contributed by atoms with van der Waals surface area (Å²) >= 11 is 5.19. The van der Waals surface area contributed by atoms with E-state index < -0.39 is 10.8 Å². The Hall–Kier alpha value is -1.83. The molecule has 2 saturated heterocycles. The first-order valence-corrected chi connectivity index (χ1v) is 8.80. The fourth-order valence-electron chi connectivity index (χ4n) is 1.66. The van der Waals surface area contributed by atoms with Crippen molar-refractivity contribution >= 4 is 35.2 Å². The smallest absolute Gasteiger partial charge is 0.256 e. The van der Waals surface area contributed by atoms with Crippen LogP contribution in [0.25, 0.3) is 0 Å². The largest absolute Gasteiger partial charge is 0.272 e. The van der Waals surface area contributed by atoms with Crippen LogP contribution in [0, 0.1) is 10.8 Å². The molecule has 0 bridgehead atoms. The molecular weight excluding hydrogens is 348 g/mol. The van der Waals surface area contributed by atoms with Crippen molar-refractivity contribution in [3.8, 4) is 0 Å². The molecule has 0 aromatic carbocycles. The summed E-state index contributed by atoms with van der Waals surface area (Å²) in [6.07, 6.45) is 1.93. The average molecular weight is 377 g/mol. The van der Waals surface area contributed by atoms with Crippen molar-refractivity contribution in [2.24, 2.45) is 10.8 Å². The van der Waals surface area contributed by atoms with Crippen LogP contribution in [-0.2, 0) is 19.2 Å². The number of carbonyl (C=O) groups is 4. The van der Waals surface area contributed by atoms with Crippen LogP contribution in [0.5, 0.6) is 0 Å². The van der Waals surface area contributed by atoms with E-state index in [-0.39, 0.29) is 23.6 Å². The quantitative estimate of drug-likeness (QED) is 0.506. The number of hydrogen-bond acceptors (Lipinski definition) is 4. The minimum atomic E-state index is -0.889. The lowest BCUT2D eigenvalue weighted by atomic mass is 9.93. The number of amides is 4. The Balaban J connectivity index is 0.000000391. The number of alkyl halides is 1. The van der Waals surface area contributed by atoms with Crippen LogP contribution in [0.15, 0.2) is 0 Å². The molecule has 0 saturated carbocycles. The van der Waals surface area contributed by atoms with Gasteiger partial charge in [-0.15, -0.1) is 11.6 Å². The van der Waals surface area contributed by atoms with Crippen LogP contribution >= 0.6 is 11.6 Å². The van der Waals surface area contributed by atoms with Gasteiger partial charge in [-0.25, -0.2) is 0 Å². The molecule has 8 nitrogen and oxygen atoms in total. The van der Waals surface area contributed by atoms with Crippen molar-refractivity contribution in [1.82, 2.24) is 21.3 Å². The van der Waals surface area contributed by atoms with Gasteiger partial charge in [0.25, 0.3) is 23.6 Å². The molecule has 2 aliphatic heterocycles. The van der Waals surface area contributed by atoms with E-state index in [0.717, 1.165) is 18.7 Å².